The highest BCUT2D eigenvalue weighted by Gasteiger charge is 2.47. The van der Waals surface area contributed by atoms with Crippen LogP contribution >= 0.6 is 0 Å². The standard InChI is InChI=1S/C46H29NO2/c1-4-15-30(16-5-1)36-27-41(47-40-25-13-11-22-34(36)40)35-23-14-26-42-45(35)49-43-28-37-33-21-10-12-24-38(33)46(31-17-6-2-7-18-31,32-19-8-3-9-20-32)39(37)29-44(43)48-42/h1-29H. The van der Waals surface area contributed by atoms with Crippen LogP contribution in [-0.2, 0) is 5.41 Å². The first-order valence-corrected chi connectivity index (χ1v) is 16.6. The molecule has 0 N–H and O–H groups in total. The molecule has 1 aromatic heterocycles. The second-order valence-corrected chi connectivity index (χ2v) is 12.6. The Hall–Kier alpha value is -6.45. The highest BCUT2D eigenvalue weighted by Crippen LogP contribution is 2.60. The number of rotatable bonds is 4. The second kappa shape index (κ2) is 10.8. The Morgan fingerprint density at radius 1 is 0.408 bits per heavy atom. The number of nitrogens with zero attached hydrogens (tertiary/aromatic N) is 1. The lowest BCUT2D eigenvalue weighted by Crippen LogP contribution is -2.28. The molecule has 3 nitrogen and oxygen atoms in total. The van der Waals surface area contributed by atoms with Crippen LogP contribution in [0.15, 0.2) is 176 Å². The molecule has 0 unspecified atom stereocenters. The van der Waals surface area contributed by atoms with Crippen molar-refractivity contribution in [1.82, 2.24) is 4.98 Å². The fourth-order valence-corrected chi connectivity index (χ4v) is 7.91. The van der Waals surface area contributed by atoms with E-state index in [2.05, 4.69) is 152 Å². The minimum atomic E-state index is -0.516. The molecule has 8 aromatic rings. The lowest BCUT2D eigenvalue weighted by atomic mass is 9.67. The van der Waals surface area contributed by atoms with E-state index in [0.717, 1.165) is 38.9 Å². The highest BCUT2D eigenvalue weighted by molar-refractivity contribution is 5.97. The molecule has 1 aliphatic heterocycles. The van der Waals surface area contributed by atoms with E-state index in [9.17, 15) is 0 Å². The van der Waals surface area contributed by atoms with Gasteiger partial charge in [0.2, 0.25) is 0 Å². The second-order valence-electron chi connectivity index (χ2n) is 12.6. The predicted octanol–water partition coefficient (Wildman–Crippen LogP) is 11.8. The SMILES string of the molecule is c1ccc(-c2cc(-c3cccc4c3Oc3cc5c(cc3O4)C(c3ccccc3)(c3ccccc3)c3ccccc3-5)nc3ccccc23)cc1. The number of hydrogen-bond acceptors (Lipinski definition) is 3. The molecule has 0 saturated carbocycles. The number of pyridine rings is 1. The van der Waals surface area contributed by atoms with Crippen molar-refractivity contribution in [2.24, 2.45) is 0 Å². The Morgan fingerprint density at radius 2 is 1.04 bits per heavy atom. The van der Waals surface area contributed by atoms with Crippen LogP contribution < -0.4 is 9.47 Å². The maximum Gasteiger partial charge on any atom is 0.179 e. The van der Waals surface area contributed by atoms with E-state index in [-0.39, 0.29) is 0 Å². The summed E-state index contributed by atoms with van der Waals surface area (Å²) in [5.74, 6) is 2.72. The van der Waals surface area contributed by atoms with Crippen LogP contribution in [0.4, 0.5) is 0 Å². The summed E-state index contributed by atoms with van der Waals surface area (Å²) in [4.78, 5) is 5.13. The van der Waals surface area contributed by atoms with E-state index in [4.69, 9.17) is 14.5 Å². The first-order valence-electron chi connectivity index (χ1n) is 16.6. The average molecular weight is 628 g/mol. The van der Waals surface area contributed by atoms with Crippen LogP contribution in [0.5, 0.6) is 23.0 Å². The summed E-state index contributed by atoms with van der Waals surface area (Å²) >= 11 is 0. The lowest BCUT2D eigenvalue weighted by molar-refractivity contribution is 0.360. The number of hydrogen-bond donors (Lipinski definition) is 0. The van der Waals surface area contributed by atoms with E-state index < -0.39 is 5.41 Å². The van der Waals surface area contributed by atoms with Crippen LogP contribution in [-0.4, -0.2) is 4.98 Å². The van der Waals surface area contributed by atoms with E-state index in [1.807, 2.05) is 24.3 Å². The summed E-state index contributed by atoms with van der Waals surface area (Å²) in [7, 11) is 0. The number of benzene rings is 7. The molecule has 230 valence electrons. The molecule has 0 bridgehead atoms. The van der Waals surface area contributed by atoms with Crippen LogP contribution in [0, 0.1) is 0 Å². The molecule has 0 radical (unpaired) electrons. The largest absolute Gasteiger partial charge is 0.449 e. The Morgan fingerprint density at radius 3 is 1.82 bits per heavy atom. The van der Waals surface area contributed by atoms with Gasteiger partial charge in [0.05, 0.1) is 16.6 Å². The minimum Gasteiger partial charge on any atom is -0.449 e. The van der Waals surface area contributed by atoms with Crippen molar-refractivity contribution in [2.45, 2.75) is 5.41 Å². The summed E-state index contributed by atoms with van der Waals surface area (Å²) < 4.78 is 13.7. The summed E-state index contributed by atoms with van der Waals surface area (Å²) in [5.41, 5.74) is 11.6. The van der Waals surface area contributed by atoms with Gasteiger partial charge in [-0.2, -0.15) is 0 Å². The van der Waals surface area contributed by atoms with Crippen molar-refractivity contribution < 1.29 is 9.47 Å². The van der Waals surface area contributed by atoms with Gasteiger partial charge in [0.1, 0.15) is 0 Å². The summed E-state index contributed by atoms with van der Waals surface area (Å²) in [6, 6.07) is 61.7. The molecule has 7 aromatic carbocycles. The zero-order valence-electron chi connectivity index (χ0n) is 26.5. The van der Waals surface area contributed by atoms with Gasteiger partial charge < -0.3 is 9.47 Å². The Bertz CT molecular complexity index is 2500. The summed E-state index contributed by atoms with van der Waals surface area (Å²) in [6.45, 7) is 0. The maximum atomic E-state index is 6.88. The molecule has 0 amide bonds. The van der Waals surface area contributed by atoms with Gasteiger partial charge in [-0.25, -0.2) is 4.98 Å². The molecule has 3 heteroatoms. The van der Waals surface area contributed by atoms with Gasteiger partial charge in [-0.1, -0.05) is 140 Å². The van der Waals surface area contributed by atoms with Crippen molar-refractivity contribution in [2.75, 3.05) is 0 Å². The van der Waals surface area contributed by atoms with Gasteiger partial charge in [-0.15, -0.1) is 0 Å². The van der Waals surface area contributed by atoms with E-state index in [1.54, 1.807) is 0 Å². The Labute approximate surface area is 284 Å². The van der Waals surface area contributed by atoms with Crippen molar-refractivity contribution in [3.63, 3.8) is 0 Å². The molecular weight excluding hydrogens is 599 g/mol. The predicted molar refractivity (Wildman–Crippen MR) is 197 cm³/mol. The number of aromatic nitrogens is 1. The van der Waals surface area contributed by atoms with Crippen LogP contribution in [0.25, 0.3) is 44.4 Å². The molecular formula is C46H29NO2. The topological polar surface area (TPSA) is 31.4 Å². The van der Waals surface area contributed by atoms with Crippen molar-refractivity contribution >= 4 is 10.9 Å². The molecule has 49 heavy (non-hydrogen) atoms. The van der Waals surface area contributed by atoms with Crippen molar-refractivity contribution in [3.05, 3.63) is 198 Å². The first kappa shape index (κ1) is 27.6. The monoisotopic (exact) mass is 627 g/mol. The maximum absolute atomic E-state index is 6.88. The van der Waals surface area contributed by atoms with Crippen molar-refractivity contribution in [3.8, 4) is 56.5 Å². The fourth-order valence-electron chi connectivity index (χ4n) is 7.91. The van der Waals surface area contributed by atoms with E-state index in [1.165, 1.54) is 27.8 Å². The van der Waals surface area contributed by atoms with Gasteiger partial charge >= 0.3 is 0 Å². The smallest absolute Gasteiger partial charge is 0.179 e. The van der Waals surface area contributed by atoms with Gasteiger partial charge in [0, 0.05) is 10.9 Å². The third-order valence-electron chi connectivity index (χ3n) is 10.0. The van der Waals surface area contributed by atoms with Crippen molar-refractivity contribution in [1.29, 1.82) is 0 Å². The zero-order valence-corrected chi connectivity index (χ0v) is 26.5. The summed E-state index contributed by atoms with van der Waals surface area (Å²) in [6.07, 6.45) is 0. The van der Waals surface area contributed by atoms with E-state index >= 15 is 0 Å². The van der Waals surface area contributed by atoms with Crippen LogP contribution in [0.2, 0.25) is 0 Å². The van der Waals surface area contributed by atoms with Crippen LogP contribution in [0.3, 0.4) is 0 Å². The van der Waals surface area contributed by atoms with Gasteiger partial charge in [-0.05, 0) is 80.9 Å². The van der Waals surface area contributed by atoms with Crippen LogP contribution in [0.1, 0.15) is 22.3 Å². The molecule has 10 rings (SSSR count). The Balaban J connectivity index is 1.16. The zero-order chi connectivity index (χ0) is 32.4. The Kier molecular flexibility index (Phi) is 6.09. The highest BCUT2D eigenvalue weighted by atomic mass is 16.6. The third-order valence-corrected chi connectivity index (χ3v) is 10.0. The quantitative estimate of drug-likeness (QED) is 0.195. The molecule has 2 heterocycles. The number of fused-ring (bicyclic) bond motifs is 6. The molecule has 2 aliphatic rings. The number of ether oxygens (including phenoxy) is 2. The first-order chi connectivity index (χ1) is 24.3. The molecule has 0 atom stereocenters. The van der Waals surface area contributed by atoms with E-state index in [0.29, 0.717) is 23.0 Å². The lowest BCUT2D eigenvalue weighted by Gasteiger charge is -2.34. The average Bonchev–Trinajstić information content (AvgIpc) is 3.46. The summed E-state index contributed by atoms with van der Waals surface area (Å²) in [5, 5.41) is 1.11. The van der Waals surface area contributed by atoms with Gasteiger partial charge in [0.15, 0.2) is 23.0 Å². The fraction of sp³-hybridized carbons (Fsp3) is 0.0217. The molecule has 0 saturated heterocycles. The van der Waals surface area contributed by atoms with Gasteiger partial charge in [0.25, 0.3) is 0 Å². The molecule has 0 fully saturated rings. The minimum absolute atomic E-state index is 0.516. The third kappa shape index (κ3) is 4.12. The molecule has 1 aliphatic carbocycles. The molecule has 0 spiro atoms. The number of para-hydroxylation sites is 2. The van der Waals surface area contributed by atoms with Gasteiger partial charge in [-0.3, -0.25) is 0 Å². The normalized spacial score (nSPS) is 13.4.